The molecule has 0 atom stereocenters. The SMILES string of the molecule is O=C1CCN(c2cccc(Cl)c2Br)C(=O)N1. The van der Waals surface area contributed by atoms with Gasteiger partial charge in [0.2, 0.25) is 5.91 Å². The van der Waals surface area contributed by atoms with Crippen molar-refractivity contribution in [3.63, 3.8) is 0 Å². The second kappa shape index (κ2) is 4.43. The molecule has 0 unspecified atom stereocenters. The Bertz CT molecular complexity index is 464. The highest BCUT2D eigenvalue weighted by Gasteiger charge is 2.25. The summed E-state index contributed by atoms with van der Waals surface area (Å²) in [6.45, 7) is 0.365. The fraction of sp³-hybridized carbons (Fsp3) is 0.200. The van der Waals surface area contributed by atoms with Crippen LogP contribution in [0.5, 0.6) is 0 Å². The third-order valence-electron chi connectivity index (χ3n) is 2.28. The van der Waals surface area contributed by atoms with E-state index in [0.29, 0.717) is 28.1 Å². The summed E-state index contributed by atoms with van der Waals surface area (Å²) in [5, 5.41) is 2.79. The van der Waals surface area contributed by atoms with Crippen LogP contribution in [0.2, 0.25) is 5.02 Å². The van der Waals surface area contributed by atoms with Crippen LogP contribution in [0.15, 0.2) is 22.7 Å². The van der Waals surface area contributed by atoms with Gasteiger partial charge in [-0.25, -0.2) is 4.79 Å². The molecular formula is C10H8BrClN2O2. The van der Waals surface area contributed by atoms with Crippen molar-refractivity contribution in [3.05, 3.63) is 27.7 Å². The number of nitrogens with one attached hydrogen (secondary N) is 1. The number of hydrogen-bond acceptors (Lipinski definition) is 2. The van der Waals surface area contributed by atoms with Gasteiger partial charge in [0.1, 0.15) is 0 Å². The number of carbonyl (C=O) groups excluding carboxylic acids is 2. The Balaban J connectivity index is 2.34. The molecule has 3 amide bonds. The highest BCUT2D eigenvalue weighted by molar-refractivity contribution is 9.10. The van der Waals surface area contributed by atoms with E-state index in [1.54, 1.807) is 18.2 Å². The van der Waals surface area contributed by atoms with Crippen LogP contribution >= 0.6 is 27.5 Å². The molecule has 1 N–H and O–H groups in total. The third kappa shape index (κ3) is 2.05. The minimum absolute atomic E-state index is 0.251. The summed E-state index contributed by atoms with van der Waals surface area (Å²) in [6.07, 6.45) is 0.296. The van der Waals surface area contributed by atoms with Gasteiger partial charge in [0.15, 0.2) is 0 Å². The van der Waals surface area contributed by atoms with Crippen LogP contribution in [0.4, 0.5) is 10.5 Å². The van der Waals surface area contributed by atoms with Crippen molar-refractivity contribution in [3.8, 4) is 0 Å². The molecule has 16 heavy (non-hydrogen) atoms. The van der Waals surface area contributed by atoms with Gasteiger partial charge in [0.05, 0.1) is 15.2 Å². The van der Waals surface area contributed by atoms with Crippen molar-refractivity contribution in [2.45, 2.75) is 6.42 Å². The van der Waals surface area contributed by atoms with Crippen LogP contribution < -0.4 is 10.2 Å². The van der Waals surface area contributed by atoms with Gasteiger partial charge in [-0.05, 0) is 28.1 Å². The third-order valence-corrected chi connectivity index (χ3v) is 3.65. The van der Waals surface area contributed by atoms with Gasteiger partial charge < -0.3 is 0 Å². The topological polar surface area (TPSA) is 49.4 Å². The van der Waals surface area contributed by atoms with Crippen molar-refractivity contribution < 1.29 is 9.59 Å². The number of urea groups is 1. The summed E-state index contributed by atoms with van der Waals surface area (Å²) in [7, 11) is 0. The van der Waals surface area contributed by atoms with Crippen molar-refractivity contribution in [1.82, 2.24) is 5.32 Å². The molecule has 0 radical (unpaired) electrons. The number of halogens is 2. The number of rotatable bonds is 1. The van der Waals surface area contributed by atoms with Crippen LogP contribution in [0.25, 0.3) is 0 Å². The zero-order chi connectivity index (χ0) is 11.7. The molecule has 1 fully saturated rings. The van der Waals surface area contributed by atoms with E-state index in [4.69, 9.17) is 11.6 Å². The molecule has 0 aromatic heterocycles. The standard InChI is InChI=1S/C10H8BrClN2O2/c11-9-6(12)2-1-3-7(9)14-5-4-8(15)13-10(14)16/h1-3H,4-5H2,(H,13,15,16). The van der Waals surface area contributed by atoms with Gasteiger partial charge in [0.25, 0.3) is 0 Å². The van der Waals surface area contributed by atoms with Crippen LogP contribution in [-0.2, 0) is 4.79 Å². The summed E-state index contributed by atoms with van der Waals surface area (Å²) < 4.78 is 0.654. The number of hydrogen-bond donors (Lipinski definition) is 1. The lowest BCUT2D eigenvalue weighted by Gasteiger charge is -2.27. The molecule has 0 spiro atoms. The first-order chi connectivity index (χ1) is 7.59. The van der Waals surface area contributed by atoms with Gasteiger partial charge in [-0.15, -0.1) is 0 Å². The smallest absolute Gasteiger partial charge is 0.292 e. The first kappa shape index (κ1) is 11.4. The molecule has 1 saturated heterocycles. The van der Waals surface area contributed by atoms with E-state index in [2.05, 4.69) is 21.2 Å². The van der Waals surface area contributed by atoms with Gasteiger partial charge in [0, 0.05) is 13.0 Å². The number of benzene rings is 1. The van der Waals surface area contributed by atoms with E-state index in [1.807, 2.05) is 0 Å². The highest BCUT2D eigenvalue weighted by atomic mass is 79.9. The Morgan fingerprint density at radius 2 is 2.12 bits per heavy atom. The molecule has 1 aliphatic rings. The summed E-state index contributed by atoms with van der Waals surface area (Å²) in [6, 6.07) is 4.83. The lowest BCUT2D eigenvalue weighted by Crippen LogP contribution is -2.49. The molecule has 0 aliphatic carbocycles. The predicted molar refractivity (Wildman–Crippen MR) is 64.7 cm³/mol. The van der Waals surface area contributed by atoms with E-state index in [0.717, 1.165) is 0 Å². The summed E-state index contributed by atoms with van der Waals surface area (Å²) >= 11 is 9.26. The normalized spacial score (nSPS) is 16.2. The zero-order valence-electron chi connectivity index (χ0n) is 8.17. The Labute approximate surface area is 106 Å². The second-order valence-corrected chi connectivity index (χ2v) is 4.53. The maximum atomic E-state index is 11.6. The zero-order valence-corrected chi connectivity index (χ0v) is 10.5. The summed E-state index contributed by atoms with van der Waals surface area (Å²) in [5.74, 6) is -0.251. The number of nitrogens with zero attached hydrogens (tertiary/aromatic N) is 1. The fourth-order valence-corrected chi connectivity index (χ4v) is 2.14. The number of imide groups is 1. The van der Waals surface area contributed by atoms with Gasteiger partial charge in [-0.1, -0.05) is 17.7 Å². The molecule has 1 aliphatic heterocycles. The van der Waals surface area contributed by atoms with E-state index in [-0.39, 0.29) is 5.91 Å². The molecule has 1 aromatic carbocycles. The van der Waals surface area contributed by atoms with E-state index in [1.165, 1.54) is 4.90 Å². The molecular weight excluding hydrogens is 295 g/mol. The Morgan fingerprint density at radius 1 is 1.38 bits per heavy atom. The number of anilines is 1. The first-order valence-electron chi connectivity index (χ1n) is 4.65. The molecule has 2 rings (SSSR count). The Hall–Kier alpha value is -1.07. The molecule has 4 nitrogen and oxygen atoms in total. The first-order valence-corrected chi connectivity index (χ1v) is 5.82. The van der Waals surface area contributed by atoms with Crippen molar-refractivity contribution in [2.75, 3.05) is 11.4 Å². The fourth-order valence-electron chi connectivity index (χ4n) is 1.49. The van der Waals surface area contributed by atoms with Crippen LogP contribution in [0.1, 0.15) is 6.42 Å². The summed E-state index contributed by atoms with van der Waals surface area (Å²) in [5.41, 5.74) is 0.664. The average Bonchev–Trinajstić information content (AvgIpc) is 2.23. The highest BCUT2D eigenvalue weighted by Crippen LogP contribution is 2.33. The molecule has 0 saturated carbocycles. The predicted octanol–water partition coefficient (Wildman–Crippen LogP) is 2.55. The van der Waals surface area contributed by atoms with E-state index < -0.39 is 6.03 Å². The number of amides is 3. The monoisotopic (exact) mass is 302 g/mol. The minimum Gasteiger partial charge on any atom is -0.292 e. The van der Waals surface area contributed by atoms with Crippen LogP contribution in [-0.4, -0.2) is 18.5 Å². The number of carbonyl (C=O) groups is 2. The Morgan fingerprint density at radius 3 is 2.81 bits per heavy atom. The molecule has 1 heterocycles. The molecule has 84 valence electrons. The van der Waals surface area contributed by atoms with Gasteiger partial charge in [-0.3, -0.25) is 15.0 Å². The maximum Gasteiger partial charge on any atom is 0.328 e. The van der Waals surface area contributed by atoms with Crippen LogP contribution in [0.3, 0.4) is 0 Å². The van der Waals surface area contributed by atoms with Crippen molar-refractivity contribution in [2.24, 2.45) is 0 Å². The maximum absolute atomic E-state index is 11.6. The lowest BCUT2D eigenvalue weighted by atomic mass is 10.2. The van der Waals surface area contributed by atoms with Gasteiger partial charge >= 0.3 is 6.03 Å². The molecule has 1 aromatic rings. The largest absolute Gasteiger partial charge is 0.328 e. The van der Waals surface area contributed by atoms with Crippen molar-refractivity contribution >= 4 is 45.2 Å². The lowest BCUT2D eigenvalue weighted by molar-refractivity contribution is -0.120. The van der Waals surface area contributed by atoms with Crippen molar-refractivity contribution in [1.29, 1.82) is 0 Å². The summed E-state index contributed by atoms with van der Waals surface area (Å²) in [4.78, 5) is 24.1. The van der Waals surface area contributed by atoms with E-state index in [9.17, 15) is 9.59 Å². The molecule has 6 heteroatoms. The quantitative estimate of drug-likeness (QED) is 0.867. The second-order valence-electron chi connectivity index (χ2n) is 3.33. The van der Waals surface area contributed by atoms with E-state index >= 15 is 0 Å². The Kier molecular flexibility index (Phi) is 3.16. The minimum atomic E-state index is -0.417. The van der Waals surface area contributed by atoms with Gasteiger partial charge in [-0.2, -0.15) is 0 Å². The average molecular weight is 304 g/mol. The van der Waals surface area contributed by atoms with Crippen LogP contribution in [0, 0.1) is 0 Å². The molecule has 0 bridgehead atoms.